The highest BCUT2D eigenvalue weighted by Gasteiger charge is 2.28. The van der Waals surface area contributed by atoms with E-state index in [1.54, 1.807) is 0 Å². The molecule has 1 N–H and O–H groups in total. The minimum Gasteiger partial charge on any atom is -0.385 e. The summed E-state index contributed by atoms with van der Waals surface area (Å²) in [5.41, 5.74) is 2.33. The molecule has 0 saturated carbocycles. The zero-order valence-corrected chi connectivity index (χ0v) is 12.3. The van der Waals surface area contributed by atoms with Crippen LogP contribution in [0.2, 0.25) is 0 Å². The van der Waals surface area contributed by atoms with Crippen LogP contribution < -0.4 is 0 Å². The van der Waals surface area contributed by atoms with E-state index in [4.69, 9.17) is 0 Å². The first-order valence-corrected chi connectivity index (χ1v) is 7.39. The summed E-state index contributed by atoms with van der Waals surface area (Å²) in [6, 6.07) is 14.0. The summed E-state index contributed by atoms with van der Waals surface area (Å²) >= 11 is 0. The average Bonchev–Trinajstić information content (AvgIpc) is 2.49. The molecule has 2 nitrogen and oxygen atoms in total. The third-order valence-electron chi connectivity index (χ3n) is 3.74. The fourth-order valence-electron chi connectivity index (χ4n) is 2.57. The molecule has 1 unspecified atom stereocenters. The SMILES string of the molecule is CCCC(O)(Cc1ccc(CC)cn1)c1ccccc1. The predicted molar refractivity (Wildman–Crippen MR) is 82.6 cm³/mol. The van der Waals surface area contributed by atoms with E-state index in [0.29, 0.717) is 6.42 Å². The first kappa shape index (κ1) is 14.7. The largest absolute Gasteiger partial charge is 0.385 e. The van der Waals surface area contributed by atoms with Crippen molar-refractivity contribution in [2.75, 3.05) is 0 Å². The molecule has 0 amide bonds. The molecule has 0 radical (unpaired) electrons. The Morgan fingerprint density at radius 1 is 1.05 bits per heavy atom. The molecular formula is C18H23NO. The summed E-state index contributed by atoms with van der Waals surface area (Å²) < 4.78 is 0. The van der Waals surface area contributed by atoms with Crippen LogP contribution in [0.1, 0.15) is 43.5 Å². The van der Waals surface area contributed by atoms with E-state index < -0.39 is 5.60 Å². The van der Waals surface area contributed by atoms with E-state index >= 15 is 0 Å². The van der Waals surface area contributed by atoms with E-state index in [2.05, 4.69) is 24.9 Å². The van der Waals surface area contributed by atoms with Crippen molar-refractivity contribution in [2.45, 2.75) is 45.1 Å². The van der Waals surface area contributed by atoms with Gasteiger partial charge < -0.3 is 5.11 Å². The molecule has 0 aliphatic rings. The Hall–Kier alpha value is -1.67. The van der Waals surface area contributed by atoms with Gasteiger partial charge in [-0.3, -0.25) is 4.98 Å². The van der Waals surface area contributed by atoms with Gasteiger partial charge in [-0.1, -0.05) is 56.7 Å². The van der Waals surface area contributed by atoms with Crippen LogP contribution in [0.25, 0.3) is 0 Å². The summed E-state index contributed by atoms with van der Waals surface area (Å²) in [7, 11) is 0. The van der Waals surface area contributed by atoms with Gasteiger partial charge in [-0.2, -0.15) is 0 Å². The van der Waals surface area contributed by atoms with Gasteiger partial charge in [-0.25, -0.2) is 0 Å². The quantitative estimate of drug-likeness (QED) is 0.863. The number of aromatic nitrogens is 1. The number of benzene rings is 1. The smallest absolute Gasteiger partial charge is 0.0951 e. The Labute approximate surface area is 121 Å². The maximum atomic E-state index is 11.0. The molecule has 1 aromatic heterocycles. The van der Waals surface area contributed by atoms with E-state index in [1.807, 2.05) is 42.6 Å². The monoisotopic (exact) mass is 269 g/mol. The summed E-state index contributed by atoms with van der Waals surface area (Å²) in [6.45, 7) is 4.22. The van der Waals surface area contributed by atoms with Gasteiger partial charge in [0.2, 0.25) is 0 Å². The van der Waals surface area contributed by atoms with Crippen molar-refractivity contribution in [1.82, 2.24) is 4.98 Å². The molecule has 0 aliphatic carbocycles. The third kappa shape index (κ3) is 3.45. The van der Waals surface area contributed by atoms with Crippen molar-refractivity contribution in [1.29, 1.82) is 0 Å². The lowest BCUT2D eigenvalue weighted by molar-refractivity contribution is 0.0259. The minimum atomic E-state index is -0.823. The Bertz CT molecular complexity index is 521. The Balaban J connectivity index is 2.24. The number of nitrogens with zero attached hydrogens (tertiary/aromatic N) is 1. The topological polar surface area (TPSA) is 33.1 Å². The van der Waals surface area contributed by atoms with Crippen molar-refractivity contribution < 1.29 is 5.11 Å². The predicted octanol–water partition coefficient (Wildman–Crippen LogP) is 3.87. The van der Waals surface area contributed by atoms with Gasteiger partial charge in [-0.15, -0.1) is 0 Å². The number of aliphatic hydroxyl groups is 1. The number of aryl methyl sites for hydroxylation is 1. The molecule has 1 atom stereocenters. The van der Waals surface area contributed by atoms with Gasteiger partial charge in [0.25, 0.3) is 0 Å². The molecule has 1 aromatic carbocycles. The van der Waals surface area contributed by atoms with Crippen molar-refractivity contribution >= 4 is 0 Å². The van der Waals surface area contributed by atoms with Crippen LogP contribution in [0.5, 0.6) is 0 Å². The van der Waals surface area contributed by atoms with Crippen molar-refractivity contribution in [2.24, 2.45) is 0 Å². The Morgan fingerprint density at radius 3 is 2.35 bits per heavy atom. The Kier molecular flexibility index (Phi) is 4.91. The number of rotatable bonds is 6. The van der Waals surface area contributed by atoms with Crippen LogP contribution in [0, 0.1) is 0 Å². The molecule has 0 spiro atoms. The molecule has 106 valence electrons. The summed E-state index contributed by atoms with van der Waals surface area (Å²) in [4.78, 5) is 4.48. The molecule has 1 heterocycles. The molecule has 2 heteroatoms. The van der Waals surface area contributed by atoms with Crippen LogP contribution in [0.3, 0.4) is 0 Å². The maximum absolute atomic E-state index is 11.0. The second-order valence-corrected chi connectivity index (χ2v) is 5.34. The second-order valence-electron chi connectivity index (χ2n) is 5.34. The molecule has 2 rings (SSSR count). The van der Waals surface area contributed by atoms with Crippen LogP contribution >= 0.6 is 0 Å². The summed E-state index contributed by atoms with van der Waals surface area (Å²) in [5, 5.41) is 11.0. The average molecular weight is 269 g/mol. The first-order valence-electron chi connectivity index (χ1n) is 7.39. The molecule has 0 bridgehead atoms. The summed E-state index contributed by atoms with van der Waals surface area (Å²) in [5.74, 6) is 0. The van der Waals surface area contributed by atoms with E-state index in [0.717, 1.165) is 30.5 Å². The molecule has 0 fully saturated rings. The molecular weight excluding hydrogens is 246 g/mol. The highest BCUT2D eigenvalue weighted by atomic mass is 16.3. The minimum absolute atomic E-state index is 0.564. The van der Waals surface area contributed by atoms with Crippen molar-refractivity contribution in [3.05, 3.63) is 65.5 Å². The van der Waals surface area contributed by atoms with E-state index in [9.17, 15) is 5.11 Å². The Morgan fingerprint density at radius 2 is 1.80 bits per heavy atom. The third-order valence-corrected chi connectivity index (χ3v) is 3.74. The van der Waals surface area contributed by atoms with Gasteiger partial charge in [-0.05, 0) is 30.0 Å². The van der Waals surface area contributed by atoms with Gasteiger partial charge in [0.15, 0.2) is 0 Å². The van der Waals surface area contributed by atoms with E-state index in [1.165, 1.54) is 5.56 Å². The van der Waals surface area contributed by atoms with Gasteiger partial charge >= 0.3 is 0 Å². The summed E-state index contributed by atoms with van der Waals surface area (Å²) in [6.07, 6.45) is 5.15. The van der Waals surface area contributed by atoms with Gasteiger partial charge in [0.05, 0.1) is 5.60 Å². The molecule has 0 saturated heterocycles. The standard InChI is InChI=1S/C18H23NO/c1-3-12-18(20,16-8-6-5-7-9-16)13-17-11-10-15(4-2)14-19-17/h5-11,14,20H,3-4,12-13H2,1-2H3. The number of hydrogen-bond acceptors (Lipinski definition) is 2. The number of hydrogen-bond donors (Lipinski definition) is 1. The van der Waals surface area contributed by atoms with Crippen LogP contribution in [0.15, 0.2) is 48.7 Å². The van der Waals surface area contributed by atoms with Gasteiger partial charge in [0, 0.05) is 18.3 Å². The van der Waals surface area contributed by atoms with Crippen LogP contribution in [-0.4, -0.2) is 10.1 Å². The lowest BCUT2D eigenvalue weighted by Crippen LogP contribution is -2.28. The highest BCUT2D eigenvalue weighted by Crippen LogP contribution is 2.30. The van der Waals surface area contributed by atoms with Crippen LogP contribution in [-0.2, 0) is 18.4 Å². The lowest BCUT2D eigenvalue weighted by Gasteiger charge is -2.28. The highest BCUT2D eigenvalue weighted by molar-refractivity contribution is 5.25. The van der Waals surface area contributed by atoms with Crippen molar-refractivity contribution in [3.8, 4) is 0 Å². The second kappa shape index (κ2) is 6.67. The van der Waals surface area contributed by atoms with E-state index in [-0.39, 0.29) is 0 Å². The zero-order chi connectivity index (χ0) is 14.4. The normalized spacial score (nSPS) is 13.9. The zero-order valence-electron chi connectivity index (χ0n) is 12.3. The maximum Gasteiger partial charge on any atom is 0.0951 e. The molecule has 2 aromatic rings. The lowest BCUT2D eigenvalue weighted by atomic mass is 9.85. The number of pyridine rings is 1. The first-order chi connectivity index (χ1) is 9.68. The van der Waals surface area contributed by atoms with Gasteiger partial charge in [0.1, 0.15) is 0 Å². The fourth-order valence-corrected chi connectivity index (χ4v) is 2.57. The fraction of sp³-hybridized carbons (Fsp3) is 0.389. The molecule has 0 aliphatic heterocycles. The van der Waals surface area contributed by atoms with Crippen molar-refractivity contribution in [3.63, 3.8) is 0 Å². The molecule has 20 heavy (non-hydrogen) atoms. The van der Waals surface area contributed by atoms with Crippen LogP contribution in [0.4, 0.5) is 0 Å².